The summed E-state index contributed by atoms with van der Waals surface area (Å²) in [5.74, 6) is 0.893. The molecule has 0 saturated heterocycles. The van der Waals surface area contributed by atoms with Gasteiger partial charge in [-0.1, -0.05) is 0 Å². The Hall–Kier alpha value is -2.13. The Bertz CT molecular complexity index is 586. The first kappa shape index (κ1) is 12.3. The Morgan fingerprint density at radius 2 is 2.17 bits per heavy atom. The summed E-state index contributed by atoms with van der Waals surface area (Å²) in [6.07, 6.45) is 1.68. The van der Waals surface area contributed by atoms with Gasteiger partial charge in [-0.25, -0.2) is 0 Å². The van der Waals surface area contributed by atoms with Gasteiger partial charge in [0.2, 0.25) is 0 Å². The average molecular weight is 244 g/mol. The summed E-state index contributed by atoms with van der Waals surface area (Å²) in [7, 11) is 3.82. The number of nitriles is 1. The van der Waals surface area contributed by atoms with Crippen LogP contribution in [-0.2, 0) is 27.2 Å². The molecule has 0 aliphatic rings. The summed E-state index contributed by atoms with van der Waals surface area (Å²) in [6.45, 7) is 3.39. The summed E-state index contributed by atoms with van der Waals surface area (Å²) in [4.78, 5) is 0. The molecule has 2 aromatic rings. The van der Waals surface area contributed by atoms with E-state index in [-0.39, 0.29) is 0 Å². The van der Waals surface area contributed by atoms with Gasteiger partial charge >= 0.3 is 0 Å². The number of hydrogen-bond acceptors (Lipinski definition) is 4. The van der Waals surface area contributed by atoms with E-state index in [1.165, 1.54) is 0 Å². The molecule has 0 amide bonds. The number of nitrogens with zero attached hydrogens (tertiary/aromatic N) is 5. The van der Waals surface area contributed by atoms with Gasteiger partial charge in [0.1, 0.15) is 23.9 Å². The van der Waals surface area contributed by atoms with Crippen LogP contribution in [0, 0.1) is 18.3 Å². The fraction of sp³-hybridized carbons (Fsp3) is 0.417. The van der Waals surface area contributed by atoms with Gasteiger partial charge in [0.25, 0.3) is 0 Å². The van der Waals surface area contributed by atoms with Gasteiger partial charge in [-0.3, -0.25) is 0 Å². The average Bonchev–Trinajstić information content (AvgIpc) is 2.88. The van der Waals surface area contributed by atoms with Crippen LogP contribution in [0.5, 0.6) is 0 Å². The second-order valence-corrected chi connectivity index (χ2v) is 4.27. The molecule has 94 valence electrons. The number of nitrogens with one attached hydrogen (secondary N) is 1. The minimum absolute atomic E-state index is 0.659. The number of aryl methyl sites for hydroxylation is 1. The van der Waals surface area contributed by atoms with Gasteiger partial charge in [0.05, 0.1) is 6.54 Å². The summed E-state index contributed by atoms with van der Waals surface area (Å²) in [5, 5.41) is 20.1. The zero-order valence-electron chi connectivity index (χ0n) is 10.8. The topological polar surface area (TPSA) is 71.5 Å². The van der Waals surface area contributed by atoms with Crippen LogP contribution in [0.15, 0.2) is 12.4 Å². The van der Waals surface area contributed by atoms with E-state index in [1.807, 2.05) is 36.2 Å². The lowest BCUT2D eigenvalue weighted by atomic mass is 10.2. The zero-order valence-corrected chi connectivity index (χ0v) is 10.8. The van der Waals surface area contributed by atoms with E-state index < -0.39 is 0 Å². The molecule has 18 heavy (non-hydrogen) atoms. The predicted octanol–water partition coefficient (Wildman–Crippen LogP) is 0.623. The van der Waals surface area contributed by atoms with Crippen molar-refractivity contribution in [3.8, 4) is 6.07 Å². The molecule has 6 heteroatoms. The first-order chi connectivity index (χ1) is 8.63. The third-order valence-corrected chi connectivity index (χ3v) is 3.16. The third kappa shape index (κ3) is 2.26. The molecule has 1 N–H and O–H groups in total. The molecule has 0 bridgehead atoms. The summed E-state index contributed by atoms with van der Waals surface area (Å²) >= 11 is 0. The van der Waals surface area contributed by atoms with Crippen molar-refractivity contribution >= 4 is 0 Å². The molecule has 0 aromatic carbocycles. The van der Waals surface area contributed by atoms with Crippen molar-refractivity contribution in [1.82, 2.24) is 24.6 Å². The normalized spacial score (nSPS) is 10.6. The summed E-state index contributed by atoms with van der Waals surface area (Å²) in [5.41, 5.74) is 2.93. The number of hydrogen-bond donors (Lipinski definition) is 1. The van der Waals surface area contributed by atoms with Crippen molar-refractivity contribution in [3.63, 3.8) is 0 Å². The van der Waals surface area contributed by atoms with Crippen LogP contribution < -0.4 is 5.32 Å². The summed E-state index contributed by atoms with van der Waals surface area (Å²) in [6, 6.07) is 4.09. The fourth-order valence-electron chi connectivity index (χ4n) is 1.82. The quantitative estimate of drug-likeness (QED) is 0.856. The van der Waals surface area contributed by atoms with Gasteiger partial charge in [-0.15, -0.1) is 10.2 Å². The van der Waals surface area contributed by atoms with Gasteiger partial charge in [-0.05, 0) is 18.6 Å². The van der Waals surface area contributed by atoms with Crippen LogP contribution in [0.25, 0.3) is 0 Å². The predicted molar refractivity (Wildman–Crippen MR) is 66.4 cm³/mol. The van der Waals surface area contributed by atoms with Crippen LogP contribution >= 0.6 is 0 Å². The molecule has 0 spiro atoms. The first-order valence-corrected chi connectivity index (χ1v) is 5.72. The second kappa shape index (κ2) is 5.02. The molecular weight excluding hydrogens is 228 g/mol. The van der Waals surface area contributed by atoms with Crippen LogP contribution in [0.2, 0.25) is 0 Å². The standard InChI is InChI=1S/C12H16N6/c1-9-10(4-11(5-13)18(9)3)6-14-7-12-16-15-8-17(12)2/h4,8,14H,6-7H2,1-3H3. The van der Waals surface area contributed by atoms with Crippen LogP contribution in [-0.4, -0.2) is 19.3 Å². The van der Waals surface area contributed by atoms with E-state index in [9.17, 15) is 0 Å². The molecule has 6 nitrogen and oxygen atoms in total. The first-order valence-electron chi connectivity index (χ1n) is 5.72. The van der Waals surface area contributed by atoms with E-state index in [0.29, 0.717) is 18.8 Å². The van der Waals surface area contributed by atoms with E-state index in [4.69, 9.17) is 5.26 Å². The highest BCUT2D eigenvalue weighted by Gasteiger charge is 2.08. The maximum atomic E-state index is 8.96. The Morgan fingerprint density at radius 3 is 2.72 bits per heavy atom. The Kier molecular flexibility index (Phi) is 3.44. The Morgan fingerprint density at radius 1 is 1.39 bits per heavy atom. The van der Waals surface area contributed by atoms with Crippen molar-refractivity contribution < 1.29 is 0 Å². The van der Waals surface area contributed by atoms with Crippen molar-refractivity contribution in [2.24, 2.45) is 14.1 Å². The molecule has 2 rings (SSSR count). The number of aromatic nitrogens is 4. The Balaban J connectivity index is 1.99. The molecule has 2 aromatic heterocycles. The largest absolute Gasteiger partial charge is 0.340 e. The molecule has 0 aliphatic carbocycles. The summed E-state index contributed by atoms with van der Waals surface area (Å²) < 4.78 is 3.78. The monoisotopic (exact) mass is 244 g/mol. The van der Waals surface area contributed by atoms with Gasteiger partial charge in [0.15, 0.2) is 0 Å². The minimum atomic E-state index is 0.659. The van der Waals surface area contributed by atoms with Crippen LogP contribution in [0.1, 0.15) is 22.8 Å². The van der Waals surface area contributed by atoms with E-state index >= 15 is 0 Å². The lowest BCUT2D eigenvalue weighted by Gasteiger charge is -2.04. The lowest BCUT2D eigenvalue weighted by Crippen LogP contribution is -2.16. The Labute approximate surface area is 106 Å². The van der Waals surface area contributed by atoms with Crippen LogP contribution in [0.4, 0.5) is 0 Å². The third-order valence-electron chi connectivity index (χ3n) is 3.16. The minimum Gasteiger partial charge on any atom is -0.340 e. The highest BCUT2D eigenvalue weighted by molar-refractivity contribution is 5.34. The number of rotatable bonds is 4. The molecule has 0 fully saturated rings. The van der Waals surface area contributed by atoms with Gasteiger partial charge < -0.3 is 14.5 Å². The molecule has 0 atom stereocenters. The van der Waals surface area contributed by atoms with E-state index in [1.54, 1.807) is 6.33 Å². The molecule has 0 unspecified atom stereocenters. The zero-order chi connectivity index (χ0) is 13.1. The molecule has 0 radical (unpaired) electrons. The van der Waals surface area contributed by atoms with E-state index in [0.717, 1.165) is 17.1 Å². The molecule has 0 saturated carbocycles. The maximum Gasteiger partial charge on any atom is 0.146 e. The van der Waals surface area contributed by atoms with Crippen molar-refractivity contribution in [2.45, 2.75) is 20.0 Å². The second-order valence-electron chi connectivity index (χ2n) is 4.27. The highest BCUT2D eigenvalue weighted by atomic mass is 15.3. The fourth-order valence-corrected chi connectivity index (χ4v) is 1.82. The van der Waals surface area contributed by atoms with Crippen LogP contribution in [0.3, 0.4) is 0 Å². The lowest BCUT2D eigenvalue weighted by molar-refractivity contribution is 0.634. The smallest absolute Gasteiger partial charge is 0.146 e. The molecule has 0 aliphatic heterocycles. The van der Waals surface area contributed by atoms with Gasteiger partial charge in [0, 0.05) is 26.3 Å². The van der Waals surface area contributed by atoms with Crippen molar-refractivity contribution in [3.05, 3.63) is 35.2 Å². The van der Waals surface area contributed by atoms with E-state index in [2.05, 4.69) is 21.6 Å². The molecular formula is C12H16N6. The highest BCUT2D eigenvalue weighted by Crippen LogP contribution is 2.13. The maximum absolute atomic E-state index is 8.96. The van der Waals surface area contributed by atoms with Crippen molar-refractivity contribution in [2.75, 3.05) is 0 Å². The van der Waals surface area contributed by atoms with Crippen molar-refractivity contribution in [1.29, 1.82) is 5.26 Å². The molecule has 2 heterocycles. The van der Waals surface area contributed by atoms with Gasteiger partial charge in [-0.2, -0.15) is 5.26 Å². The SMILES string of the molecule is Cc1c(CNCc2nncn2C)cc(C#N)n1C.